The Bertz CT molecular complexity index is 921. The van der Waals surface area contributed by atoms with Crippen LogP contribution in [0.1, 0.15) is 24.3 Å². The fraction of sp³-hybridized carbons (Fsp3) is 0.211. The summed E-state index contributed by atoms with van der Waals surface area (Å²) in [7, 11) is 1.93. The van der Waals surface area contributed by atoms with E-state index in [0.717, 1.165) is 20.6 Å². The van der Waals surface area contributed by atoms with Crippen molar-refractivity contribution in [1.29, 1.82) is 0 Å². The average Bonchev–Trinajstić information content (AvgIpc) is 3.28. The lowest BCUT2D eigenvalue weighted by Crippen LogP contribution is -2.29. The van der Waals surface area contributed by atoms with E-state index in [1.165, 1.54) is 30.0 Å². The lowest BCUT2D eigenvalue weighted by Gasteiger charge is -2.17. The molecule has 8 heteroatoms. The molecule has 0 radical (unpaired) electrons. The van der Waals surface area contributed by atoms with Crippen molar-refractivity contribution < 1.29 is 9.59 Å². The van der Waals surface area contributed by atoms with Gasteiger partial charge in [-0.25, -0.2) is 4.98 Å². The van der Waals surface area contributed by atoms with Gasteiger partial charge in [0.05, 0.1) is 18.2 Å². The fourth-order valence-electron chi connectivity index (χ4n) is 2.55. The van der Waals surface area contributed by atoms with Crippen molar-refractivity contribution in [2.24, 2.45) is 7.05 Å². The highest BCUT2D eigenvalue weighted by Gasteiger charge is 2.19. The highest BCUT2D eigenvalue weighted by molar-refractivity contribution is 7.99. The third-order valence-electron chi connectivity index (χ3n) is 3.79. The standard InChI is InChI=1S/C19H20N4O2S2/c1-13(24)21-15(16-8-5-11-26-16)12-18(25)22-14-6-3-4-7-17(14)27-19-20-9-10-23(19)2/h3-11,15H,12H2,1-2H3,(H,21,24)(H,22,25). The molecule has 3 aromatic rings. The summed E-state index contributed by atoms with van der Waals surface area (Å²) < 4.78 is 1.92. The van der Waals surface area contributed by atoms with Crippen molar-refractivity contribution >= 4 is 40.6 Å². The normalized spacial score (nSPS) is 11.8. The van der Waals surface area contributed by atoms with Gasteiger partial charge in [-0.3, -0.25) is 9.59 Å². The summed E-state index contributed by atoms with van der Waals surface area (Å²) in [5.74, 6) is -0.318. The number of aryl methyl sites for hydroxylation is 1. The molecule has 2 heterocycles. The molecule has 0 aliphatic heterocycles. The molecule has 6 nitrogen and oxygen atoms in total. The predicted octanol–water partition coefficient (Wildman–Crippen LogP) is 3.84. The molecule has 0 bridgehead atoms. The van der Waals surface area contributed by atoms with E-state index >= 15 is 0 Å². The number of carbonyl (C=O) groups excluding carboxylic acids is 2. The number of rotatable bonds is 7. The number of anilines is 1. The van der Waals surface area contributed by atoms with Crippen molar-refractivity contribution in [3.05, 3.63) is 59.0 Å². The van der Waals surface area contributed by atoms with Gasteiger partial charge in [0.15, 0.2) is 5.16 Å². The molecule has 2 N–H and O–H groups in total. The van der Waals surface area contributed by atoms with Crippen LogP contribution >= 0.6 is 23.1 Å². The number of nitrogens with one attached hydrogen (secondary N) is 2. The van der Waals surface area contributed by atoms with Crippen LogP contribution in [0.2, 0.25) is 0 Å². The second-order valence-electron chi connectivity index (χ2n) is 5.94. The molecule has 1 atom stereocenters. The quantitative estimate of drug-likeness (QED) is 0.632. The van der Waals surface area contributed by atoms with Crippen LogP contribution in [0.25, 0.3) is 0 Å². The number of hydrogen-bond acceptors (Lipinski definition) is 5. The van der Waals surface area contributed by atoms with Crippen molar-refractivity contribution in [3.8, 4) is 0 Å². The monoisotopic (exact) mass is 400 g/mol. The highest BCUT2D eigenvalue weighted by Crippen LogP contribution is 2.32. The number of carbonyl (C=O) groups is 2. The zero-order valence-corrected chi connectivity index (χ0v) is 16.6. The van der Waals surface area contributed by atoms with Gasteiger partial charge in [-0.15, -0.1) is 11.3 Å². The second-order valence-corrected chi connectivity index (χ2v) is 7.93. The molecule has 2 aromatic heterocycles. The van der Waals surface area contributed by atoms with Crippen LogP contribution in [-0.2, 0) is 16.6 Å². The van der Waals surface area contributed by atoms with Gasteiger partial charge in [-0.1, -0.05) is 18.2 Å². The number of nitrogens with zero attached hydrogens (tertiary/aromatic N) is 2. The van der Waals surface area contributed by atoms with Crippen LogP contribution in [0.4, 0.5) is 5.69 Å². The Kier molecular flexibility index (Phi) is 6.31. The molecule has 0 aliphatic carbocycles. The number of thiophene rings is 1. The number of imidazole rings is 1. The first-order chi connectivity index (χ1) is 13.0. The van der Waals surface area contributed by atoms with Gasteiger partial charge in [-0.2, -0.15) is 0 Å². The van der Waals surface area contributed by atoms with E-state index in [-0.39, 0.29) is 24.3 Å². The van der Waals surface area contributed by atoms with Crippen LogP contribution < -0.4 is 10.6 Å². The van der Waals surface area contributed by atoms with Crippen LogP contribution in [-0.4, -0.2) is 21.4 Å². The maximum atomic E-state index is 12.6. The molecule has 3 rings (SSSR count). The van der Waals surface area contributed by atoms with Crippen molar-refractivity contribution in [2.75, 3.05) is 5.32 Å². The Morgan fingerprint density at radius 3 is 2.74 bits per heavy atom. The summed E-state index contributed by atoms with van der Waals surface area (Å²) >= 11 is 3.01. The largest absolute Gasteiger partial charge is 0.348 e. The minimum atomic E-state index is -0.336. The molecule has 0 fully saturated rings. The number of para-hydroxylation sites is 1. The first kappa shape index (κ1) is 19.2. The van der Waals surface area contributed by atoms with E-state index in [0.29, 0.717) is 0 Å². The third kappa shape index (κ3) is 5.21. The average molecular weight is 401 g/mol. The van der Waals surface area contributed by atoms with Crippen LogP contribution in [0.5, 0.6) is 0 Å². The molecular weight excluding hydrogens is 380 g/mol. The van der Waals surface area contributed by atoms with E-state index in [1.54, 1.807) is 6.20 Å². The minimum absolute atomic E-state index is 0.157. The molecule has 27 heavy (non-hydrogen) atoms. The Labute approximate surface area is 166 Å². The predicted molar refractivity (Wildman–Crippen MR) is 108 cm³/mol. The number of aromatic nitrogens is 2. The minimum Gasteiger partial charge on any atom is -0.348 e. The van der Waals surface area contributed by atoms with Gasteiger partial charge >= 0.3 is 0 Å². The number of benzene rings is 1. The van der Waals surface area contributed by atoms with Crippen molar-refractivity contribution in [3.63, 3.8) is 0 Å². The smallest absolute Gasteiger partial charge is 0.226 e. The van der Waals surface area contributed by atoms with Gasteiger partial charge in [-0.05, 0) is 35.3 Å². The van der Waals surface area contributed by atoms with Crippen molar-refractivity contribution in [2.45, 2.75) is 29.4 Å². The lowest BCUT2D eigenvalue weighted by molar-refractivity contribution is -0.120. The van der Waals surface area contributed by atoms with Gasteiger partial charge in [0, 0.05) is 36.1 Å². The van der Waals surface area contributed by atoms with E-state index < -0.39 is 0 Å². The second kappa shape index (κ2) is 8.88. The van der Waals surface area contributed by atoms with Crippen LogP contribution in [0, 0.1) is 0 Å². The third-order valence-corrected chi connectivity index (χ3v) is 5.93. The molecule has 140 valence electrons. The van der Waals surface area contributed by atoms with Gasteiger partial charge in [0.25, 0.3) is 0 Å². The number of amides is 2. The molecule has 1 unspecified atom stereocenters. The zero-order chi connectivity index (χ0) is 19.2. The Morgan fingerprint density at radius 2 is 2.07 bits per heavy atom. The number of hydrogen-bond donors (Lipinski definition) is 2. The van der Waals surface area contributed by atoms with Crippen LogP contribution in [0.15, 0.2) is 64.2 Å². The SMILES string of the molecule is CC(=O)NC(CC(=O)Nc1ccccc1Sc1nccn1C)c1cccs1. The Balaban J connectivity index is 1.72. The topological polar surface area (TPSA) is 76.0 Å². The van der Waals surface area contributed by atoms with E-state index in [9.17, 15) is 9.59 Å². The summed E-state index contributed by atoms with van der Waals surface area (Å²) in [4.78, 5) is 30.3. The van der Waals surface area contributed by atoms with E-state index in [1.807, 2.05) is 59.6 Å². The molecule has 0 saturated heterocycles. The molecule has 0 aliphatic rings. The molecular formula is C19H20N4O2S2. The van der Waals surface area contributed by atoms with Gasteiger partial charge in [0.2, 0.25) is 11.8 Å². The summed E-state index contributed by atoms with van der Waals surface area (Å²) in [5, 5.41) is 8.58. The fourth-order valence-corrected chi connectivity index (χ4v) is 4.22. The molecule has 0 saturated carbocycles. The summed E-state index contributed by atoms with van der Waals surface area (Å²) in [6.07, 6.45) is 3.78. The maximum Gasteiger partial charge on any atom is 0.226 e. The van der Waals surface area contributed by atoms with Crippen LogP contribution in [0.3, 0.4) is 0 Å². The first-order valence-corrected chi connectivity index (χ1v) is 10.1. The zero-order valence-electron chi connectivity index (χ0n) is 15.0. The Hall–Kier alpha value is -2.58. The maximum absolute atomic E-state index is 12.6. The molecule has 2 amide bonds. The van der Waals surface area contributed by atoms with Gasteiger partial charge < -0.3 is 15.2 Å². The Morgan fingerprint density at radius 1 is 1.26 bits per heavy atom. The summed E-state index contributed by atoms with van der Waals surface area (Å²) in [6, 6.07) is 11.1. The van der Waals surface area contributed by atoms with E-state index in [4.69, 9.17) is 0 Å². The summed E-state index contributed by atoms with van der Waals surface area (Å²) in [6.45, 7) is 1.46. The first-order valence-electron chi connectivity index (χ1n) is 8.37. The van der Waals surface area contributed by atoms with E-state index in [2.05, 4.69) is 15.6 Å². The molecule has 1 aromatic carbocycles. The van der Waals surface area contributed by atoms with Crippen molar-refractivity contribution in [1.82, 2.24) is 14.9 Å². The lowest BCUT2D eigenvalue weighted by atomic mass is 10.1. The molecule has 0 spiro atoms. The van der Waals surface area contributed by atoms with Gasteiger partial charge in [0.1, 0.15) is 0 Å². The summed E-state index contributed by atoms with van der Waals surface area (Å²) in [5.41, 5.74) is 0.725. The highest BCUT2D eigenvalue weighted by atomic mass is 32.2.